The number of rotatable bonds is 5. The summed E-state index contributed by atoms with van der Waals surface area (Å²) in [5.41, 5.74) is 1.51. The smallest absolute Gasteiger partial charge is 0.337 e. The highest BCUT2D eigenvalue weighted by atomic mass is 35.5. The van der Waals surface area contributed by atoms with Gasteiger partial charge in [0, 0.05) is 24.5 Å². The van der Waals surface area contributed by atoms with Crippen LogP contribution in [0.2, 0.25) is 5.02 Å². The Morgan fingerprint density at radius 1 is 1.19 bits per heavy atom. The Hall–Kier alpha value is -2.40. The van der Waals surface area contributed by atoms with E-state index in [0.717, 1.165) is 5.56 Å². The Bertz CT molecular complexity index is 659. The summed E-state index contributed by atoms with van der Waals surface area (Å²) in [7, 11) is 0. The summed E-state index contributed by atoms with van der Waals surface area (Å²) in [4.78, 5) is 26.6. The first-order valence-corrected chi connectivity index (χ1v) is 6.65. The van der Waals surface area contributed by atoms with Gasteiger partial charge in [-0.15, -0.1) is 0 Å². The number of halogens is 1. The van der Waals surface area contributed by atoms with Crippen molar-refractivity contribution in [3.05, 3.63) is 58.9 Å². The molecule has 0 saturated carbocycles. The van der Waals surface area contributed by atoms with Crippen LogP contribution in [0.4, 0.5) is 5.69 Å². The van der Waals surface area contributed by atoms with Gasteiger partial charge < -0.3 is 10.4 Å². The van der Waals surface area contributed by atoms with Gasteiger partial charge in [-0.25, -0.2) is 4.79 Å². The fraction of sp³-hybridized carbons (Fsp3) is 0.133. The molecule has 6 heteroatoms. The molecular formula is C15H13ClN2O3. The molecule has 0 saturated heterocycles. The molecule has 0 atom stereocenters. The standard InChI is InChI=1S/C15H13ClN2O3/c16-13-9-11(2-3-12(13)15(20)21)18-14(19)4-1-10-5-7-17-8-6-10/h2-3,5-9H,1,4H2,(H,18,19)(H,20,21). The second-order valence-electron chi connectivity index (χ2n) is 4.40. The van der Waals surface area contributed by atoms with Gasteiger partial charge in [0.15, 0.2) is 0 Å². The number of carboxylic acid groups (broad SMARTS) is 1. The van der Waals surface area contributed by atoms with Gasteiger partial charge in [0.1, 0.15) is 0 Å². The monoisotopic (exact) mass is 304 g/mol. The van der Waals surface area contributed by atoms with Crippen molar-refractivity contribution in [1.82, 2.24) is 4.98 Å². The molecule has 0 radical (unpaired) electrons. The molecule has 0 aliphatic carbocycles. The number of anilines is 1. The lowest BCUT2D eigenvalue weighted by atomic mass is 10.1. The Kier molecular flexibility index (Phi) is 4.90. The van der Waals surface area contributed by atoms with Crippen LogP contribution in [0, 0.1) is 0 Å². The zero-order valence-electron chi connectivity index (χ0n) is 11.0. The third kappa shape index (κ3) is 4.29. The van der Waals surface area contributed by atoms with Crippen LogP contribution in [0.15, 0.2) is 42.7 Å². The molecule has 2 N–H and O–H groups in total. The minimum absolute atomic E-state index is 0.00597. The van der Waals surface area contributed by atoms with E-state index in [1.165, 1.54) is 18.2 Å². The fourth-order valence-electron chi connectivity index (χ4n) is 1.80. The van der Waals surface area contributed by atoms with Gasteiger partial charge >= 0.3 is 5.97 Å². The van der Waals surface area contributed by atoms with Gasteiger partial charge in [-0.2, -0.15) is 0 Å². The highest BCUT2D eigenvalue weighted by Gasteiger charge is 2.10. The van der Waals surface area contributed by atoms with Crippen LogP contribution < -0.4 is 5.32 Å². The molecule has 0 spiro atoms. The summed E-state index contributed by atoms with van der Waals surface area (Å²) in [5.74, 6) is -1.26. The number of aryl methyl sites for hydroxylation is 1. The van der Waals surface area contributed by atoms with Gasteiger partial charge in [0.2, 0.25) is 5.91 Å². The number of aromatic nitrogens is 1. The Labute approximate surface area is 126 Å². The van der Waals surface area contributed by atoms with Crippen molar-refractivity contribution in [2.45, 2.75) is 12.8 Å². The van der Waals surface area contributed by atoms with E-state index in [2.05, 4.69) is 10.3 Å². The third-order valence-corrected chi connectivity index (χ3v) is 3.19. The van der Waals surface area contributed by atoms with Crippen LogP contribution >= 0.6 is 11.6 Å². The second-order valence-corrected chi connectivity index (χ2v) is 4.81. The summed E-state index contributed by atoms with van der Waals surface area (Å²) >= 11 is 5.84. The zero-order chi connectivity index (χ0) is 15.2. The number of pyridine rings is 1. The minimum atomic E-state index is -1.10. The van der Waals surface area contributed by atoms with Crippen LogP contribution in [0.1, 0.15) is 22.3 Å². The third-order valence-electron chi connectivity index (χ3n) is 2.87. The highest BCUT2D eigenvalue weighted by Crippen LogP contribution is 2.21. The summed E-state index contributed by atoms with van der Waals surface area (Å²) in [6.45, 7) is 0. The van der Waals surface area contributed by atoms with E-state index in [0.29, 0.717) is 18.5 Å². The maximum absolute atomic E-state index is 11.8. The molecule has 0 fully saturated rings. The molecule has 108 valence electrons. The van der Waals surface area contributed by atoms with Crippen molar-refractivity contribution in [3.8, 4) is 0 Å². The van der Waals surface area contributed by atoms with Crippen molar-refractivity contribution in [2.75, 3.05) is 5.32 Å². The summed E-state index contributed by atoms with van der Waals surface area (Å²) in [5, 5.41) is 11.7. The average Bonchev–Trinajstić information content (AvgIpc) is 2.46. The Morgan fingerprint density at radius 2 is 1.90 bits per heavy atom. The maximum atomic E-state index is 11.8. The maximum Gasteiger partial charge on any atom is 0.337 e. The van der Waals surface area contributed by atoms with Crippen LogP contribution in [0.3, 0.4) is 0 Å². The van der Waals surface area contributed by atoms with Crippen molar-refractivity contribution in [3.63, 3.8) is 0 Å². The lowest BCUT2D eigenvalue weighted by Crippen LogP contribution is -2.12. The van der Waals surface area contributed by atoms with Gasteiger partial charge in [-0.05, 0) is 42.3 Å². The first-order chi connectivity index (χ1) is 10.1. The molecule has 5 nitrogen and oxygen atoms in total. The molecule has 0 bridgehead atoms. The van der Waals surface area contributed by atoms with E-state index >= 15 is 0 Å². The first kappa shape index (κ1) is 15.0. The first-order valence-electron chi connectivity index (χ1n) is 6.28. The SMILES string of the molecule is O=C(CCc1ccncc1)Nc1ccc(C(=O)O)c(Cl)c1. The number of carbonyl (C=O) groups excluding carboxylic acids is 1. The Balaban J connectivity index is 1.94. The van der Waals surface area contributed by atoms with E-state index in [-0.39, 0.29) is 16.5 Å². The molecule has 1 aromatic carbocycles. The van der Waals surface area contributed by atoms with E-state index in [4.69, 9.17) is 16.7 Å². The van der Waals surface area contributed by atoms with E-state index in [1.807, 2.05) is 12.1 Å². The number of carboxylic acids is 1. The summed E-state index contributed by atoms with van der Waals surface area (Å²) in [6.07, 6.45) is 4.28. The molecule has 2 rings (SSSR count). The van der Waals surface area contributed by atoms with E-state index in [9.17, 15) is 9.59 Å². The molecule has 0 aliphatic heterocycles. The van der Waals surface area contributed by atoms with Crippen LogP contribution in [-0.4, -0.2) is 22.0 Å². The van der Waals surface area contributed by atoms with E-state index < -0.39 is 5.97 Å². The number of hydrogen-bond donors (Lipinski definition) is 2. The molecule has 21 heavy (non-hydrogen) atoms. The number of nitrogens with zero attached hydrogens (tertiary/aromatic N) is 1. The average molecular weight is 305 g/mol. The molecule has 0 unspecified atom stereocenters. The topological polar surface area (TPSA) is 79.3 Å². The van der Waals surface area contributed by atoms with Crippen LogP contribution in [0.25, 0.3) is 0 Å². The fourth-order valence-corrected chi connectivity index (χ4v) is 2.06. The molecule has 1 amide bonds. The van der Waals surface area contributed by atoms with Crippen molar-refractivity contribution in [2.24, 2.45) is 0 Å². The van der Waals surface area contributed by atoms with E-state index in [1.54, 1.807) is 12.4 Å². The predicted octanol–water partition coefficient (Wildman–Crippen LogP) is 3.00. The van der Waals surface area contributed by atoms with Crippen molar-refractivity contribution < 1.29 is 14.7 Å². The molecular weight excluding hydrogens is 292 g/mol. The normalized spacial score (nSPS) is 10.1. The number of aromatic carboxylic acids is 1. The van der Waals surface area contributed by atoms with Crippen LogP contribution in [0.5, 0.6) is 0 Å². The molecule has 1 heterocycles. The highest BCUT2D eigenvalue weighted by molar-refractivity contribution is 6.33. The van der Waals surface area contributed by atoms with Gasteiger partial charge in [0.25, 0.3) is 0 Å². The lowest BCUT2D eigenvalue weighted by molar-refractivity contribution is -0.116. The Morgan fingerprint density at radius 3 is 2.52 bits per heavy atom. The van der Waals surface area contributed by atoms with Gasteiger partial charge in [0.05, 0.1) is 10.6 Å². The zero-order valence-corrected chi connectivity index (χ0v) is 11.8. The largest absolute Gasteiger partial charge is 0.478 e. The summed E-state index contributed by atoms with van der Waals surface area (Å²) in [6, 6.07) is 8.01. The number of nitrogens with one attached hydrogen (secondary N) is 1. The number of carbonyl (C=O) groups is 2. The second kappa shape index (κ2) is 6.85. The number of benzene rings is 1. The predicted molar refractivity (Wildman–Crippen MR) is 79.6 cm³/mol. The summed E-state index contributed by atoms with van der Waals surface area (Å²) < 4.78 is 0. The number of hydrogen-bond acceptors (Lipinski definition) is 3. The molecule has 2 aromatic rings. The van der Waals surface area contributed by atoms with Gasteiger partial charge in [-0.3, -0.25) is 9.78 Å². The number of amides is 1. The van der Waals surface area contributed by atoms with Crippen molar-refractivity contribution in [1.29, 1.82) is 0 Å². The molecule has 1 aromatic heterocycles. The van der Waals surface area contributed by atoms with Crippen LogP contribution in [-0.2, 0) is 11.2 Å². The minimum Gasteiger partial charge on any atom is -0.478 e. The van der Waals surface area contributed by atoms with Crippen molar-refractivity contribution >= 4 is 29.2 Å². The quantitative estimate of drug-likeness (QED) is 0.890. The lowest BCUT2D eigenvalue weighted by Gasteiger charge is -2.07. The molecule has 0 aliphatic rings. The van der Waals surface area contributed by atoms with Gasteiger partial charge in [-0.1, -0.05) is 11.6 Å².